The van der Waals surface area contributed by atoms with Crippen LogP contribution in [0, 0.1) is 5.38 Å². The van der Waals surface area contributed by atoms with Gasteiger partial charge in [-0.25, -0.2) is 10.9 Å². The first-order chi connectivity index (χ1) is 11.3. The van der Waals surface area contributed by atoms with Crippen molar-refractivity contribution in [3.8, 4) is 0 Å². The smallest absolute Gasteiger partial charge is 0.444 e. The first-order valence-electron chi connectivity index (χ1n) is 7.94. The van der Waals surface area contributed by atoms with Crippen molar-refractivity contribution in [1.29, 1.82) is 0 Å². The molecule has 0 aliphatic carbocycles. The Morgan fingerprint density at radius 3 is 2.36 bits per heavy atom. The Bertz CT molecular complexity index is 584. The van der Waals surface area contributed by atoms with Crippen molar-refractivity contribution in [3.05, 3.63) is 45.3 Å². The Balaban J connectivity index is 0.000000448. The van der Waals surface area contributed by atoms with E-state index in [2.05, 4.69) is 5.38 Å². The zero-order chi connectivity index (χ0) is 17.6. The molecule has 4 nitrogen and oxygen atoms in total. The van der Waals surface area contributed by atoms with Crippen LogP contribution in [0.15, 0.2) is 35.0 Å². The molecule has 0 saturated carbocycles. The van der Waals surface area contributed by atoms with Gasteiger partial charge in [-0.1, -0.05) is 6.07 Å². The largest absolute Gasteiger partial charge is 1.00 e. The van der Waals surface area contributed by atoms with Gasteiger partial charge in [-0.3, -0.25) is 0 Å². The fourth-order valence-corrected chi connectivity index (χ4v) is 3.65. The average molecular weight is 373 g/mol. The molecule has 1 saturated heterocycles. The van der Waals surface area contributed by atoms with Crippen LogP contribution in [0.2, 0.25) is 0 Å². The Morgan fingerprint density at radius 1 is 1.28 bits per heavy atom. The summed E-state index contributed by atoms with van der Waals surface area (Å²) in [5.74, 6) is 0. The number of nitrogens with zero attached hydrogens (tertiary/aromatic N) is 1. The van der Waals surface area contributed by atoms with Crippen molar-refractivity contribution in [2.75, 3.05) is 13.1 Å². The molecule has 0 aromatic carbocycles. The second-order valence-corrected chi connectivity index (χ2v) is 8.40. The molecule has 0 atom stereocenters. The monoisotopic (exact) mass is 373 g/mol. The van der Waals surface area contributed by atoms with Crippen molar-refractivity contribution in [1.82, 2.24) is 4.90 Å². The predicted octanol–water partition coefficient (Wildman–Crippen LogP) is 1.52. The van der Waals surface area contributed by atoms with E-state index in [0.29, 0.717) is 25.9 Å². The molecule has 132 valence electrons. The SMILES string of the molecule is CC(C)(C)OC(=O)N1CCC(O)(c2cccs2)CC1.[Li+].[c-]1cccs1. The van der Waals surface area contributed by atoms with Crippen LogP contribution in [0.25, 0.3) is 0 Å². The molecule has 3 rings (SSSR count). The van der Waals surface area contributed by atoms with Gasteiger partial charge in [0.1, 0.15) is 11.2 Å². The Hall–Kier alpha value is -0.773. The van der Waals surface area contributed by atoms with E-state index in [-0.39, 0.29) is 25.0 Å². The number of aliphatic hydroxyl groups is 1. The first-order valence-corrected chi connectivity index (χ1v) is 9.70. The van der Waals surface area contributed by atoms with Gasteiger partial charge in [0, 0.05) is 18.0 Å². The predicted molar refractivity (Wildman–Crippen MR) is 98.4 cm³/mol. The topological polar surface area (TPSA) is 49.8 Å². The quantitative estimate of drug-likeness (QED) is 0.609. The maximum Gasteiger partial charge on any atom is 1.00 e. The van der Waals surface area contributed by atoms with Crippen LogP contribution in [0.3, 0.4) is 0 Å². The van der Waals surface area contributed by atoms with Gasteiger partial charge in [0.25, 0.3) is 0 Å². The van der Waals surface area contributed by atoms with Gasteiger partial charge in [0.2, 0.25) is 0 Å². The van der Waals surface area contributed by atoms with E-state index >= 15 is 0 Å². The van der Waals surface area contributed by atoms with Crippen molar-refractivity contribution < 1.29 is 33.5 Å². The van der Waals surface area contributed by atoms with E-state index in [1.807, 2.05) is 55.8 Å². The molecule has 1 N–H and O–H groups in total. The van der Waals surface area contributed by atoms with Crippen molar-refractivity contribution in [3.63, 3.8) is 0 Å². The molecular formula is C18H24LiNO3S2. The minimum absolute atomic E-state index is 0. The number of ether oxygens (including phenoxy) is 1. The molecule has 0 radical (unpaired) electrons. The van der Waals surface area contributed by atoms with Crippen LogP contribution in [0.1, 0.15) is 38.5 Å². The molecule has 0 unspecified atom stereocenters. The van der Waals surface area contributed by atoms with Crippen molar-refractivity contribution >= 4 is 28.8 Å². The van der Waals surface area contributed by atoms with Gasteiger partial charge in [0.15, 0.2) is 0 Å². The number of hydrogen-bond acceptors (Lipinski definition) is 5. The van der Waals surface area contributed by atoms with Crippen molar-refractivity contribution in [2.45, 2.75) is 44.8 Å². The molecule has 1 fully saturated rings. The summed E-state index contributed by atoms with van der Waals surface area (Å²) < 4.78 is 5.34. The fourth-order valence-electron chi connectivity index (χ4n) is 2.37. The Labute approximate surface area is 170 Å². The third-order valence-corrected chi connectivity index (χ3v) is 5.23. The maximum atomic E-state index is 11.9. The summed E-state index contributed by atoms with van der Waals surface area (Å²) in [6.07, 6.45) is 0.834. The first kappa shape index (κ1) is 22.3. The van der Waals surface area contributed by atoms with Gasteiger partial charge in [-0.05, 0) is 45.1 Å². The van der Waals surface area contributed by atoms with Gasteiger partial charge in [-0.2, -0.15) is 11.4 Å². The zero-order valence-corrected chi connectivity index (χ0v) is 17.0. The summed E-state index contributed by atoms with van der Waals surface area (Å²) in [5, 5.41) is 17.4. The summed E-state index contributed by atoms with van der Waals surface area (Å²) in [5.41, 5.74) is -1.26. The number of amides is 1. The Morgan fingerprint density at radius 2 is 1.96 bits per heavy atom. The van der Waals surface area contributed by atoms with Gasteiger partial charge >= 0.3 is 25.0 Å². The third kappa shape index (κ3) is 7.16. The van der Waals surface area contributed by atoms with E-state index in [0.717, 1.165) is 4.88 Å². The second kappa shape index (κ2) is 9.80. The minimum atomic E-state index is -0.785. The molecule has 25 heavy (non-hydrogen) atoms. The van der Waals surface area contributed by atoms with E-state index in [9.17, 15) is 9.90 Å². The van der Waals surface area contributed by atoms with Crippen LogP contribution in [0.4, 0.5) is 4.79 Å². The molecule has 7 heteroatoms. The number of piperidine rings is 1. The fraction of sp³-hybridized carbons (Fsp3) is 0.500. The molecule has 1 amide bonds. The third-order valence-electron chi connectivity index (χ3n) is 3.60. The second-order valence-electron chi connectivity index (χ2n) is 6.71. The summed E-state index contributed by atoms with van der Waals surface area (Å²) >= 11 is 3.15. The molecular weight excluding hydrogens is 349 g/mol. The van der Waals surface area contributed by atoms with E-state index in [4.69, 9.17) is 4.74 Å². The summed E-state index contributed by atoms with van der Waals surface area (Å²) in [6.45, 7) is 6.64. The minimum Gasteiger partial charge on any atom is -0.444 e. The standard InChI is InChI=1S/C14H21NO3S.C4H3S.Li/c1-13(2,3)18-12(16)15-8-6-14(17,7-9-15)11-5-4-10-19-11;1-2-4-5-3-1;/h4-5,10,17H,6-9H2,1-3H3;1-3H;/q;-1;+1. The molecule has 0 bridgehead atoms. The number of thiophene rings is 2. The molecule has 2 aromatic heterocycles. The number of carbonyl (C=O) groups is 1. The summed E-state index contributed by atoms with van der Waals surface area (Å²) in [6, 6.07) is 7.75. The number of carbonyl (C=O) groups excluding carboxylic acids is 1. The normalized spacial score (nSPS) is 16.2. The van der Waals surface area contributed by atoms with Crippen LogP contribution in [-0.4, -0.2) is 34.8 Å². The van der Waals surface area contributed by atoms with Crippen LogP contribution in [0.5, 0.6) is 0 Å². The molecule has 0 spiro atoms. The van der Waals surface area contributed by atoms with Crippen LogP contribution in [-0.2, 0) is 10.3 Å². The average Bonchev–Trinajstić information content (AvgIpc) is 3.23. The van der Waals surface area contributed by atoms with E-state index in [1.54, 1.807) is 27.6 Å². The molecule has 2 aromatic rings. The van der Waals surface area contributed by atoms with E-state index in [1.165, 1.54) is 0 Å². The number of hydrogen-bond donors (Lipinski definition) is 1. The van der Waals surface area contributed by atoms with Crippen LogP contribution < -0.4 is 18.9 Å². The van der Waals surface area contributed by atoms with Gasteiger partial charge in [-0.15, -0.1) is 16.7 Å². The number of rotatable bonds is 1. The molecule has 3 heterocycles. The maximum absolute atomic E-state index is 11.9. The zero-order valence-electron chi connectivity index (χ0n) is 15.3. The van der Waals surface area contributed by atoms with Gasteiger partial charge < -0.3 is 26.1 Å². The number of likely N-dealkylation sites (tertiary alicyclic amines) is 1. The van der Waals surface area contributed by atoms with E-state index < -0.39 is 11.2 Å². The summed E-state index contributed by atoms with van der Waals surface area (Å²) in [7, 11) is 0. The molecule has 1 aliphatic heterocycles. The molecule has 1 aliphatic rings. The van der Waals surface area contributed by atoms with Crippen molar-refractivity contribution in [2.24, 2.45) is 0 Å². The van der Waals surface area contributed by atoms with Crippen LogP contribution >= 0.6 is 22.7 Å². The summed E-state index contributed by atoms with van der Waals surface area (Å²) in [4.78, 5) is 14.6. The van der Waals surface area contributed by atoms with Gasteiger partial charge in [0.05, 0.1) is 0 Å². The Kier molecular flexibility index (Phi) is 8.73.